The average molecular weight is 334 g/mol. The van der Waals surface area contributed by atoms with Gasteiger partial charge in [-0.05, 0) is 25.3 Å². The minimum Gasteiger partial charge on any atom is -0.467 e. The molecule has 0 unspecified atom stereocenters. The zero-order valence-corrected chi connectivity index (χ0v) is 13.9. The molecule has 0 spiro atoms. The number of amides is 2. The number of nitrogens with one attached hydrogen (secondary N) is 1. The molecule has 1 N–H and O–H groups in total. The van der Waals surface area contributed by atoms with Gasteiger partial charge in [-0.1, -0.05) is 30.3 Å². The van der Waals surface area contributed by atoms with E-state index in [1.54, 1.807) is 6.92 Å². The lowest BCUT2D eigenvalue weighted by molar-refractivity contribution is -0.157. The number of hydrogen-bond donors (Lipinski definition) is 1. The van der Waals surface area contributed by atoms with Crippen molar-refractivity contribution in [2.24, 2.45) is 0 Å². The van der Waals surface area contributed by atoms with E-state index in [1.165, 1.54) is 12.0 Å². The highest BCUT2D eigenvalue weighted by atomic mass is 16.5. The summed E-state index contributed by atoms with van der Waals surface area (Å²) < 4.78 is 9.84. The van der Waals surface area contributed by atoms with Gasteiger partial charge in [-0.25, -0.2) is 9.59 Å². The molecule has 0 aromatic heterocycles. The summed E-state index contributed by atoms with van der Waals surface area (Å²) in [5, 5.41) is 2.42. The summed E-state index contributed by atoms with van der Waals surface area (Å²) >= 11 is 0. The minimum absolute atomic E-state index is 0.129. The van der Waals surface area contributed by atoms with Crippen LogP contribution in [-0.2, 0) is 25.7 Å². The van der Waals surface area contributed by atoms with Gasteiger partial charge in [0.1, 0.15) is 18.7 Å². The van der Waals surface area contributed by atoms with Gasteiger partial charge in [-0.15, -0.1) is 0 Å². The van der Waals surface area contributed by atoms with Crippen LogP contribution in [-0.4, -0.2) is 48.6 Å². The number of hydrogen-bond acceptors (Lipinski definition) is 5. The topological polar surface area (TPSA) is 84.9 Å². The maximum atomic E-state index is 12.3. The summed E-state index contributed by atoms with van der Waals surface area (Å²) in [5.74, 6) is -0.780. The van der Waals surface area contributed by atoms with Gasteiger partial charge in [0.05, 0.1) is 7.11 Å². The van der Waals surface area contributed by atoms with Crippen LogP contribution in [0.25, 0.3) is 0 Å². The Hall–Kier alpha value is -2.57. The Morgan fingerprint density at radius 1 is 1.25 bits per heavy atom. The van der Waals surface area contributed by atoms with Gasteiger partial charge < -0.3 is 19.7 Å². The van der Waals surface area contributed by atoms with Crippen molar-refractivity contribution < 1.29 is 23.9 Å². The Labute approximate surface area is 140 Å². The van der Waals surface area contributed by atoms with E-state index in [2.05, 4.69) is 5.32 Å². The molecule has 1 atom stereocenters. The Balaban J connectivity index is 1.82. The van der Waals surface area contributed by atoms with Gasteiger partial charge in [0, 0.05) is 6.54 Å². The van der Waals surface area contributed by atoms with Crippen LogP contribution in [0.5, 0.6) is 0 Å². The number of methoxy groups -OCH3 is 1. The molecule has 1 aromatic carbocycles. The number of likely N-dealkylation sites (tertiary alicyclic amines) is 1. The Kier molecular flexibility index (Phi) is 5.78. The second-order valence-electron chi connectivity index (χ2n) is 5.83. The fourth-order valence-corrected chi connectivity index (χ4v) is 2.81. The third-order valence-electron chi connectivity index (χ3n) is 4.16. The number of rotatable bonds is 5. The van der Waals surface area contributed by atoms with Gasteiger partial charge >= 0.3 is 12.1 Å². The van der Waals surface area contributed by atoms with Crippen LogP contribution >= 0.6 is 0 Å². The molecule has 2 amide bonds. The smallest absolute Gasteiger partial charge is 0.407 e. The normalized spacial score (nSPS) is 19.7. The molecule has 1 aromatic rings. The van der Waals surface area contributed by atoms with Crippen LogP contribution in [0.1, 0.15) is 25.3 Å². The number of carbonyl (C=O) groups is 3. The number of benzene rings is 1. The maximum absolute atomic E-state index is 12.3. The van der Waals surface area contributed by atoms with E-state index in [0.29, 0.717) is 13.0 Å². The Morgan fingerprint density at radius 3 is 2.62 bits per heavy atom. The lowest BCUT2D eigenvalue weighted by Crippen LogP contribution is -2.53. The van der Waals surface area contributed by atoms with Crippen molar-refractivity contribution in [1.29, 1.82) is 0 Å². The highest BCUT2D eigenvalue weighted by Crippen LogP contribution is 2.30. The Morgan fingerprint density at radius 2 is 1.96 bits per heavy atom. The van der Waals surface area contributed by atoms with Crippen molar-refractivity contribution in [2.45, 2.75) is 31.9 Å². The first-order valence-corrected chi connectivity index (χ1v) is 7.81. The molecule has 0 bridgehead atoms. The van der Waals surface area contributed by atoms with Crippen LogP contribution in [0.3, 0.4) is 0 Å². The van der Waals surface area contributed by atoms with Gasteiger partial charge in [0.2, 0.25) is 5.91 Å². The summed E-state index contributed by atoms with van der Waals surface area (Å²) in [7, 11) is 1.30. The monoisotopic (exact) mass is 334 g/mol. The molecular weight excluding hydrogens is 312 g/mol. The summed E-state index contributed by atoms with van der Waals surface area (Å²) in [6.07, 6.45) is 0.589. The zero-order valence-electron chi connectivity index (χ0n) is 13.9. The molecule has 7 heteroatoms. The summed E-state index contributed by atoms with van der Waals surface area (Å²) in [4.78, 5) is 37.4. The van der Waals surface area contributed by atoms with Crippen LogP contribution in [0.4, 0.5) is 4.79 Å². The van der Waals surface area contributed by atoms with Gasteiger partial charge in [-0.2, -0.15) is 0 Å². The first-order valence-electron chi connectivity index (χ1n) is 7.81. The molecule has 1 fully saturated rings. The Bertz CT molecular complexity index is 604. The van der Waals surface area contributed by atoms with Crippen molar-refractivity contribution in [1.82, 2.24) is 10.2 Å². The lowest BCUT2D eigenvalue weighted by Gasteiger charge is -2.32. The predicted molar refractivity (Wildman–Crippen MR) is 86.0 cm³/mol. The fraction of sp³-hybridized carbons (Fsp3) is 0.471. The standard InChI is InChI=1S/C17H22N2O5/c1-17(15(21)23-2)9-6-10-19(17)14(20)11-18-16(22)24-12-13-7-4-3-5-8-13/h3-5,7-8H,6,9-12H2,1-2H3,(H,18,22)/t17-/m0/s1. The molecular formula is C17H22N2O5. The molecule has 2 rings (SSSR count). The molecule has 24 heavy (non-hydrogen) atoms. The predicted octanol–water partition coefficient (Wildman–Crippen LogP) is 1.47. The van der Waals surface area contributed by atoms with E-state index in [9.17, 15) is 14.4 Å². The molecule has 0 radical (unpaired) electrons. The number of ether oxygens (including phenoxy) is 2. The van der Waals surface area contributed by atoms with E-state index in [-0.39, 0.29) is 19.1 Å². The van der Waals surface area contributed by atoms with Crippen molar-refractivity contribution in [3.63, 3.8) is 0 Å². The largest absolute Gasteiger partial charge is 0.467 e. The molecule has 1 heterocycles. The van der Waals surface area contributed by atoms with Crippen LogP contribution < -0.4 is 5.32 Å². The lowest BCUT2D eigenvalue weighted by atomic mass is 9.99. The quantitative estimate of drug-likeness (QED) is 0.824. The minimum atomic E-state index is -0.971. The van der Waals surface area contributed by atoms with E-state index in [1.807, 2.05) is 30.3 Å². The highest BCUT2D eigenvalue weighted by Gasteiger charge is 2.46. The first-order chi connectivity index (χ1) is 11.5. The van der Waals surface area contributed by atoms with E-state index in [4.69, 9.17) is 9.47 Å². The number of carbonyl (C=O) groups excluding carboxylic acids is 3. The van der Waals surface area contributed by atoms with Gasteiger partial charge in [0.15, 0.2) is 0 Å². The van der Waals surface area contributed by atoms with E-state index in [0.717, 1.165) is 12.0 Å². The molecule has 1 saturated heterocycles. The van der Waals surface area contributed by atoms with Crippen LogP contribution in [0.2, 0.25) is 0 Å². The third kappa shape index (κ3) is 4.04. The van der Waals surface area contributed by atoms with Crippen LogP contribution in [0.15, 0.2) is 30.3 Å². The van der Waals surface area contributed by atoms with Gasteiger partial charge in [-0.3, -0.25) is 4.79 Å². The van der Waals surface area contributed by atoms with Crippen molar-refractivity contribution in [2.75, 3.05) is 20.2 Å². The molecule has 1 aliphatic rings. The molecule has 7 nitrogen and oxygen atoms in total. The van der Waals surface area contributed by atoms with Gasteiger partial charge in [0.25, 0.3) is 0 Å². The van der Waals surface area contributed by atoms with Crippen molar-refractivity contribution >= 4 is 18.0 Å². The average Bonchev–Trinajstić information content (AvgIpc) is 3.01. The number of esters is 1. The van der Waals surface area contributed by atoms with Crippen LogP contribution in [0, 0.1) is 0 Å². The number of nitrogens with zero attached hydrogens (tertiary/aromatic N) is 1. The summed E-state index contributed by atoms with van der Waals surface area (Å²) in [5.41, 5.74) is -0.113. The summed E-state index contributed by atoms with van der Waals surface area (Å²) in [6, 6.07) is 9.24. The third-order valence-corrected chi connectivity index (χ3v) is 4.16. The second kappa shape index (κ2) is 7.81. The summed E-state index contributed by atoms with van der Waals surface area (Å²) in [6.45, 7) is 2.05. The first kappa shape index (κ1) is 17.8. The SMILES string of the molecule is COC(=O)[C@]1(C)CCCN1C(=O)CNC(=O)OCc1ccccc1. The molecule has 130 valence electrons. The van der Waals surface area contributed by atoms with E-state index >= 15 is 0 Å². The highest BCUT2D eigenvalue weighted by molar-refractivity contribution is 5.90. The number of alkyl carbamates (subject to hydrolysis) is 1. The molecule has 1 aliphatic heterocycles. The van der Waals surface area contributed by atoms with Crippen molar-refractivity contribution in [3.05, 3.63) is 35.9 Å². The second-order valence-corrected chi connectivity index (χ2v) is 5.83. The fourth-order valence-electron chi connectivity index (χ4n) is 2.81. The molecule has 0 saturated carbocycles. The van der Waals surface area contributed by atoms with E-state index < -0.39 is 17.6 Å². The molecule has 0 aliphatic carbocycles. The maximum Gasteiger partial charge on any atom is 0.407 e. The van der Waals surface area contributed by atoms with Crippen molar-refractivity contribution in [3.8, 4) is 0 Å². The zero-order chi connectivity index (χ0) is 17.6.